The van der Waals surface area contributed by atoms with Crippen LogP contribution < -0.4 is 0 Å². The Labute approximate surface area is 85.9 Å². The smallest absolute Gasteiger partial charge is 0.137 e. The van der Waals surface area contributed by atoms with Crippen LogP contribution in [0.15, 0.2) is 35.4 Å². The van der Waals surface area contributed by atoms with Gasteiger partial charge in [0.05, 0.1) is 11.2 Å². The molecule has 3 aromatic rings. The number of aromatic amines is 1. The highest BCUT2D eigenvalue weighted by Crippen LogP contribution is 2.26. The number of H-pyrrole nitrogens is 1. The van der Waals surface area contributed by atoms with Crippen LogP contribution >= 0.6 is 11.3 Å². The lowest BCUT2D eigenvalue weighted by Crippen LogP contribution is -1.75. The summed E-state index contributed by atoms with van der Waals surface area (Å²) in [5.41, 5.74) is 4.88. The quantitative estimate of drug-likeness (QED) is 0.660. The van der Waals surface area contributed by atoms with E-state index in [4.69, 9.17) is 0 Å². The van der Waals surface area contributed by atoms with E-state index in [1.165, 1.54) is 0 Å². The van der Waals surface area contributed by atoms with Gasteiger partial charge in [-0.05, 0) is 12.1 Å². The first-order chi connectivity index (χ1) is 6.95. The molecule has 0 atom stereocenters. The van der Waals surface area contributed by atoms with Crippen LogP contribution in [0.4, 0.5) is 0 Å². The molecule has 0 bridgehead atoms. The van der Waals surface area contributed by atoms with Crippen molar-refractivity contribution >= 4 is 22.4 Å². The Kier molecular flexibility index (Phi) is 1.61. The van der Waals surface area contributed by atoms with Gasteiger partial charge in [0.2, 0.25) is 0 Å². The van der Waals surface area contributed by atoms with E-state index in [0.29, 0.717) is 0 Å². The van der Waals surface area contributed by atoms with Crippen LogP contribution in [0.2, 0.25) is 0 Å². The fraction of sp³-hybridized carbons (Fsp3) is 0. The second-order valence-corrected chi connectivity index (χ2v) is 3.69. The SMILES string of the molecule is [HH].c1cnc2[nH]cc(-c3cscn3)c2c1. The second kappa shape index (κ2) is 2.92. The van der Waals surface area contributed by atoms with Crippen LogP contribution in [-0.2, 0) is 0 Å². The summed E-state index contributed by atoms with van der Waals surface area (Å²) < 4.78 is 0. The molecule has 0 aromatic carbocycles. The highest BCUT2D eigenvalue weighted by molar-refractivity contribution is 7.07. The highest BCUT2D eigenvalue weighted by atomic mass is 32.1. The van der Waals surface area contributed by atoms with Gasteiger partial charge in [0, 0.05) is 30.2 Å². The maximum Gasteiger partial charge on any atom is 0.137 e. The Morgan fingerprint density at radius 1 is 1.36 bits per heavy atom. The Hall–Kier alpha value is -1.68. The first-order valence-electron chi connectivity index (χ1n) is 4.26. The molecule has 1 N–H and O–H groups in total. The molecule has 3 nitrogen and oxygen atoms in total. The van der Waals surface area contributed by atoms with E-state index in [1.54, 1.807) is 17.5 Å². The van der Waals surface area contributed by atoms with Crippen molar-refractivity contribution in [1.29, 1.82) is 0 Å². The summed E-state index contributed by atoms with van der Waals surface area (Å²) >= 11 is 1.60. The molecule has 0 spiro atoms. The first-order valence-corrected chi connectivity index (χ1v) is 5.20. The largest absolute Gasteiger partial charge is 0.345 e. The predicted octanol–water partition coefficient (Wildman–Crippen LogP) is 2.93. The first kappa shape index (κ1) is 7.70. The molecule has 70 valence electrons. The van der Waals surface area contributed by atoms with Crippen molar-refractivity contribution in [2.24, 2.45) is 0 Å². The van der Waals surface area contributed by atoms with Crippen LogP contribution in [0.5, 0.6) is 0 Å². The molecule has 0 aliphatic rings. The summed E-state index contributed by atoms with van der Waals surface area (Å²) in [7, 11) is 0. The number of nitrogens with one attached hydrogen (secondary N) is 1. The second-order valence-electron chi connectivity index (χ2n) is 2.98. The molecule has 0 unspecified atom stereocenters. The van der Waals surface area contributed by atoms with Crippen molar-refractivity contribution in [2.75, 3.05) is 0 Å². The Morgan fingerprint density at radius 2 is 2.36 bits per heavy atom. The minimum Gasteiger partial charge on any atom is -0.345 e. The normalized spacial score (nSPS) is 10.9. The Morgan fingerprint density at radius 3 is 3.21 bits per heavy atom. The molecular weight excluding hydrogens is 194 g/mol. The number of hydrogen-bond donors (Lipinski definition) is 1. The molecule has 0 amide bonds. The number of rotatable bonds is 1. The molecule has 3 heterocycles. The maximum atomic E-state index is 4.28. The van der Waals surface area contributed by atoms with E-state index in [0.717, 1.165) is 22.3 Å². The summed E-state index contributed by atoms with van der Waals surface area (Å²) in [6.45, 7) is 0. The molecule has 0 saturated carbocycles. The highest BCUT2D eigenvalue weighted by Gasteiger charge is 2.06. The van der Waals surface area contributed by atoms with Crippen LogP contribution in [0, 0.1) is 0 Å². The lowest BCUT2D eigenvalue weighted by atomic mass is 10.2. The van der Waals surface area contributed by atoms with Crippen molar-refractivity contribution < 1.29 is 1.43 Å². The van der Waals surface area contributed by atoms with E-state index >= 15 is 0 Å². The van der Waals surface area contributed by atoms with E-state index in [1.807, 2.05) is 29.2 Å². The Balaban J connectivity index is 0.000000853. The van der Waals surface area contributed by atoms with Crippen molar-refractivity contribution in [3.8, 4) is 11.3 Å². The number of hydrogen-bond acceptors (Lipinski definition) is 3. The minimum atomic E-state index is 0. The number of fused-ring (bicyclic) bond motifs is 1. The third kappa shape index (κ3) is 1.04. The molecule has 0 radical (unpaired) electrons. The average Bonchev–Trinajstić information content (AvgIpc) is 2.85. The summed E-state index contributed by atoms with van der Waals surface area (Å²) in [6.07, 6.45) is 3.73. The lowest BCUT2D eigenvalue weighted by molar-refractivity contribution is 1.32. The van der Waals surface area contributed by atoms with Gasteiger partial charge in [0.1, 0.15) is 5.65 Å². The fourth-order valence-corrected chi connectivity index (χ4v) is 2.07. The van der Waals surface area contributed by atoms with Crippen molar-refractivity contribution in [2.45, 2.75) is 0 Å². The standard InChI is InChI=1S/C10H7N3S.H2/c1-2-7-8(9-5-14-6-13-9)4-12-10(7)11-3-1;/h1-6H,(H,11,12);1H. The average molecular weight is 203 g/mol. The summed E-state index contributed by atoms with van der Waals surface area (Å²) in [4.78, 5) is 11.6. The van der Waals surface area contributed by atoms with Crippen molar-refractivity contribution in [1.82, 2.24) is 15.0 Å². The van der Waals surface area contributed by atoms with Gasteiger partial charge in [-0.25, -0.2) is 9.97 Å². The van der Waals surface area contributed by atoms with Gasteiger partial charge >= 0.3 is 0 Å². The molecule has 0 fully saturated rings. The molecule has 14 heavy (non-hydrogen) atoms. The molecule has 3 rings (SSSR count). The van der Waals surface area contributed by atoms with Gasteiger partial charge in [-0.15, -0.1) is 11.3 Å². The van der Waals surface area contributed by atoms with Gasteiger partial charge in [0.15, 0.2) is 0 Å². The zero-order chi connectivity index (χ0) is 9.38. The minimum absolute atomic E-state index is 0. The van der Waals surface area contributed by atoms with Crippen LogP contribution in [0.1, 0.15) is 1.43 Å². The maximum absolute atomic E-state index is 4.28. The summed E-state index contributed by atoms with van der Waals surface area (Å²) in [5, 5.41) is 3.16. The van der Waals surface area contributed by atoms with Crippen molar-refractivity contribution in [3.63, 3.8) is 0 Å². The number of pyridine rings is 1. The zero-order valence-electron chi connectivity index (χ0n) is 7.27. The summed E-state index contributed by atoms with van der Waals surface area (Å²) in [6, 6.07) is 3.99. The number of nitrogens with zero attached hydrogens (tertiary/aromatic N) is 2. The number of thiazole rings is 1. The van der Waals surface area contributed by atoms with E-state index < -0.39 is 0 Å². The van der Waals surface area contributed by atoms with E-state index in [-0.39, 0.29) is 1.43 Å². The molecule has 0 aliphatic carbocycles. The molecule has 3 aromatic heterocycles. The van der Waals surface area contributed by atoms with E-state index in [9.17, 15) is 0 Å². The third-order valence-corrected chi connectivity index (χ3v) is 2.75. The monoisotopic (exact) mass is 203 g/mol. The van der Waals surface area contributed by atoms with Gasteiger partial charge < -0.3 is 4.98 Å². The van der Waals surface area contributed by atoms with Crippen LogP contribution in [0.25, 0.3) is 22.3 Å². The molecule has 0 saturated heterocycles. The lowest BCUT2D eigenvalue weighted by Gasteiger charge is -1.91. The van der Waals surface area contributed by atoms with E-state index in [2.05, 4.69) is 15.0 Å². The third-order valence-electron chi connectivity index (χ3n) is 2.16. The van der Waals surface area contributed by atoms with Gasteiger partial charge in [-0.3, -0.25) is 0 Å². The van der Waals surface area contributed by atoms with Gasteiger partial charge in [0.25, 0.3) is 0 Å². The van der Waals surface area contributed by atoms with Crippen molar-refractivity contribution in [3.05, 3.63) is 35.4 Å². The number of aromatic nitrogens is 3. The topological polar surface area (TPSA) is 41.6 Å². The summed E-state index contributed by atoms with van der Waals surface area (Å²) in [5.74, 6) is 0. The van der Waals surface area contributed by atoms with Crippen LogP contribution in [0.3, 0.4) is 0 Å². The zero-order valence-corrected chi connectivity index (χ0v) is 8.08. The van der Waals surface area contributed by atoms with Gasteiger partial charge in [-0.2, -0.15) is 0 Å². The molecular formula is C10H9N3S. The predicted molar refractivity (Wildman–Crippen MR) is 59.3 cm³/mol. The van der Waals surface area contributed by atoms with Crippen LogP contribution in [-0.4, -0.2) is 15.0 Å². The fourth-order valence-electron chi connectivity index (χ4n) is 1.51. The Bertz CT molecular complexity index is 559. The molecule has 0 aliphatic heterocycles. The van der Waals surface area contributed by atoms with Gasteiger partial charge in [-0.1, -0.05) is 0 Å². The molecule has 4 heteroatoms.